The van der Waals surface area contributed by atoms with Gasteiger partial charge in [-0.3, -0.25) is 0 Å². The van der Waals surface area contributed by atoms with Gasteiger partial charge in [-0.05, 0) is 32.0 Å². The Labute approximate surface area is 88.1 Å². The third-order valence-corrected chi connectivity index (χ3v) is 2.62. The van der Waals surface area contributed by atoms with E-state index >= 15 is 0 Å². The summed E-state index contributed by atoms with van der Waals surface area (Å²) < 4.78 is 7.49. The number of furan rings is 1. The van der Waals surface area contributed by atoms with Gasteiger partial charge in [-0.2, -0.15) is 0 Å². The van der Waals surface area contributed by atoms with E-state index in [0.717, 1.165) is 28.7 Å². The van der Waals surface area contributed by atoms with Gasteiger partial charge in [-0.1, -0.05) is 11.6 Å². The molecule has 0 aromatic carbocycles. The topological polar surface area (TPSA) is 18.1 Å². The Hall–Kier alpha value is -1.15. The molecule has 0 atom stereocenters. The Bertz CT molecular complexity index is 428. The van der Waals surface area contributed by atoms with Gasteiger partial charge in [0.25, 0.3) is 0 Å². The summed E-state index contributed by atoms with van der Waals surface area (Å²) in [5, 5.41) is 0.749. The molecule has 2 aromatic rings. The van der Waals surface area contributed by atoms with Crippen LogP contribution in [-0.2, 0) is 6.54 Å². The zero-order chi connectivity index (χ0) is 10.1. The van der Waals surface area contributed by atoms with Crippen LogP contribution < -0.4 is 0 Å². The molecule has 0 N–H and O–H groups in total. The van der Waals surface area contributed by atoms with Crippen molar-refractivity contribution in [3.63, 3.8) is 0 Å². The van der Waals surface area contributed by atoms with Crippen LogP contribution in [0.2, 0.25) is 5.02 Å². The van der Waals surface area contributed by atoms with Crippen molar-refractivity contribution >= 4 is 11.6 Å². The molecule has 2 aromatic heterocycles. The van der Waals surface area contributed by atoms with E-state index in [1.165, 1.54) is 0 Å². The van der Waals surface area contributed by atoms with Crippen LogP contribution in [0, 0.1) is 6.92 Å². The summed E-state index contributed by atoms with van der Waals surface area (Å²) in [6.45, 7) is 5.03. The van der Waals surface area contributed by atoms with Crippen molar-refractivity contribution in [3.05, 3.63) is 35.2 Å². The maximum Gasteiger partial charge on any atom is 0.151 e. The lowest BCUT2D eigenvalue weighted by atomic mass is 10.3. The van der Waals surface area contributed by atoms with Gasteiger partial charge >= 0.3 is 0 Å². The summed E-state index contributed by atoms with van der Waals surface area (Å²) in [5.74, 6) is 0.824. The van der Waals surface area contributed by atoms with Gasteiger partial charge in [-0.15, -0.1) is 0 Å². The predicted octanol–water partition coefficient (Wildman–Crippen LogP) is 3.73. The normalized spacial score (nSPS) is 10.8. The smallest absolute Gasteiger partial charge is 0.151 e. The van der Waals surface area contributed by atoms with Gasteiger partial charge in [0.15, 0.2) is 5.76 Å². The molecule has 3 heteroatoms. The minimum atomic E-state index is 0.749. The lowest BCUT2D eigenvalue weighted by molar-refractivity contribution is 0.572. The summed E-state index contributed by atoms with van der Waals surface area (Å²) in [5.41, 5.74) is 2.13. The van der Waals surface area contributed by atoms with Crippen LogP contribution in [0.3, 0.4) is 0 Å². The van der Waals surface area contributed by atoms with Crippen molar-refractivity contribution in [2.75, 3.05) is 0 Å². The third kappa shape index (κ3) is 1.36. The molecule has 0 radical (unpaired) electrons. The Morgan fingerprint density at radius 2 is 2.29 bits per heavy atom. The van der Waals surface area contributed by atoms with Gasteiger partial charge in [-0.25, -0.2) is 0 Å². The van der Waals surface area contributed by atoms with Gasteiger partial charge in [0.2, 0.25) is 0 Å². The van der Waals surface area contributed by atoms with Gasteiger partial charge in [0.1, 0.15) is 5.69 Å². The SMILES string of the molecule is CCn1c(C)cc(Cl)c1-c1ccco1. The molecule has 2 heterocycles. The molecule has 0 saturated carbocycles. The summed E-state index contributed by atoms with van der Waals surface area (Å²) in [6.07, 6.45) is 1.66. The predicted molar refractivity (Wildman–Crippen MR) is 57.6 cm³/mol. The quantitative estimate of drug-likeness (QED) is 0.737. The van der Waals surface area contributed by atoms with E-state index in [1.807, 2.05) is 25.1 Å². The second-order valence-electron chi connectivity index (χ2n) is 3.20. The minimum absolute atomic E-state index is 0.749. The molecule has 0 saturated heterocycles. The molecule has 0 aliphatic carbocycles. The van der Waals surface area contributed by atoms with Crippen molar-refractivity contribution in [2.45, 2.75) is 20.4 Å². The lowest BCUT2D eigenvalue weighted by Crippen LogP contribution is -1.98. The molecule has 0 spiro atoms. The highest BCUT2D eigenvalue weighted by molar-refractivity contribution is 6.33. The van der Waals surface area contributed by atoms with Crippen LogP contribution in [0.1, 0.15) is 12.6 Å². The first-order chi connectivity index (χ1) is 6.74. The fourth-order valence-electron chi connectivity index (χ4n) is 1.71. The van der Waals surface area contributed by atoms with E-state index in [2.05, 4.69) is 11.5 Å². The van der Waals surface area contributed by atoms with Gasteiger partial charge in [0, 0.05) is 12.2 Å². The number of rotatable bonds is 2. The van der Waals surface area contributed by atoms with E-state index in [-0.39, 0.29) is 0 Å². The maximum absolute atomic E-state index is 6.14. The fourth-order valence-corrected chi connectivity index (χ4v) is 2.06. The van der Waals surface area contributed by atoms with E-state index < -0.39 is 0 Å². The largest absolute Gasteiger partial charge is 0.463 e. The molecule has 0 fully saturated rings. The molecular weight excluding hydrogens is 198 g/mol. The van der Waals surface area contributed by atoms with Gasteiger partial charge < -0.3 is 8.98 Å². The number of nitrogens with zero attached hydrogens (tertiary/aromatic N) is 1. The molecule has 2 nitrogen and oxygen atoms in total. The van der Waals surface area contributed by atoms with Crippen LogP contribution >= 0.6 is 11.6 Å². The Kier molecular flexibility index (Phi) is 2.38. The first kappa shape index (κ1) is 9.41. The van der Waals surface area contributed by atoms with Crippen LogP contribution in [0.5, 0.6) is 0 Å². The van der Waals surface area contributed by atoms with E-state index in [9.17, 15) is 0 Å². The van der Waals surface area contributed by atoms with Crippen LogP contribution in [0.15, 0.2) is 28.9 Å². The third-order valence-electron chi connectivity index (χ3n) is 2.33. The second kappa shape index (κ2) is 3.54. The van der Waals surface area contributed by atoms with Crippen LogP contribution in [-0.4, -0.2) is 4.57 Å². The fraction of sp³-hybridized carbons (Fsp3) is 0.273. The Morgan fingerprint density at radius 3 is 2.86 bits per heavy atom. The van der Waals surface area contributed by atoms with E-state index in [1.54, 1.807) is 6.26 Å². The highest BCUT2D eigenvalue weighted by atomic mass is 35.5. The number of halogens is 1. The van der Waals surface area contributed by atoms with Crippen molar-refractivity contribution < 1.29 is 4.42 Å². The number of aryl methyl sites for hydroxylation is 1. The molecule has 0 aliphatic heterocycles. The highest BCUT2D eigenvalue weighted by Gasteiger charge is 2.13. The molecule has 2 rings (SSSR count). The zero-order valence-electron chi connectivity index (χ0n) is 8.25. The van der Waals surface area contributed by atoms with Crippen molar-refractivity contribution in [3.8, 4) is 11.5 Å². The number of hydrogen-bond acceptors (Lipinski definition) is 1. The molecule has 0 unspecified atom stereocenters. The molecule has 14 heavy (non-hydrogen) atoms. The average Bonchev–Trinajstić information content (AvgIpc) is 2.72. The molecule has 0 aliphatic rings. The van der Waals surface area contributed by atoms with E-state index in [4.69, 9.17) is 16.0 Å². The summed E-state index contributed by atoms with van der Waals surface area (Å²) in [4.78, 5) is 0. The van der Waals surface area contributed by atoms with Crippen molar-refractivity contribution in [2.24, 2.45) is 0 Å². The summed E-state index contributed by atoms with van der Waals surface area (Å²) >= 11 is 6.14. The number of aromatic nitrogens is 1. The molecule has 0 amide bonds. The highest BCUT2D eigenvalue weighted by Crippen LogP contribution is 2.31. The molecule has 0 bridgehead atoms. The Balaban J connectivity index is 2.62. The maximum atomic E-state index is 6.14. The monoisotopic (exact) mass is 209 g/mol. The van der Waals surface area contributed by atoms with Crippen molar-refractivity contribution in [1.82, 2.24) is 4.57 Å². The van der Waals surface area contributed by atoms with Gasteiger partial charge in [0.05, 0.1) is 11.3 Å². The van der Waals surface area contributed by atoms with E-state index in [0.29, 0.717) is 0 Å². The number of hydrogen-bond donors (Lipinski definition) is 0. The molecular formula is C11H12ClNO. The summed E-state index contributed by atoms with van der Waals surface area (Å²) in [7, 11) is 0. The Morgan fingerprint density at radius 1 is 1.50 bits per heavy atom. The van der Waals surface area contributed by atoms with Crippen molar-refractivity contribution in [1.29, 1.82) is 0 Å². The zero-order valence-corrected chi connectivity index (χ0v) is 9.01. The van der Waals surface area contributed by atoms with Crippen LogP contribution in [0.25, 0.3) is 11.5 Å². The first-order valence-electron chi connectivity index (χ1n) is 4.63. The standard InChI is InChI=1S/C11H12ClNO/c1-3-13-8(2)7-9(12)11(13)10-5-4-6-14-10/h4-7H,3H2,1-2H3. The summed E-state index contributed by atoms with van der Waals surface area (Å²) in [6, 6.07) is 5.75. The average molecular weight is 210 g/mol. The molecule has 74 valence electrons. The minimum Gasteiger partial charge on any atom is -0.463 e. The van der Waals surface area contributed by atoms with Crippen LogP contribution in [0.4, 0.5) is 0 Å². The first-order valence-corrected chi connectivity index (χ1v) is 5.01. The second-order valence-corrected chi connectivity index (χ2v) is 3.61. The lowest BCUT2D eigenvalue weighted by Gasteiger charge is -2.06.